The first-order valence-corrected chi connectivity index (χ1v) is 8.07. The van der Waals surface area contributed by atoms with Gasteiger partial charge in [0, 0.05) is 13.1 Å². The van der Waals surface area contributed by atoms with Gasteiger partial charge in [-0.2, -0.15) is 0 Å². The van der Waals surface area contributed by atoms with E-state index < -0.39 is 5.60 Å². The highest BCUT2D eigenvalue weighted by molar-refractivity contribution is 5.90. The third-order valence-electron chi connectivity index (χ3n) is 3.85. The molecule has 24 heavy (non-hydrogen) atoms. The molecule has 1 aromatic rings. The van der Waals surface area contributed by atoms with Gasteiger partial charge in [0.1, 0.15) is 5.60 Å². The summed E-state index contributed by atoms with van der Waals surface area (Å²) in [5.74, 6) is -0.335. The van der Waals surface area contributed by atoms with E-state index in [0.29, 0.717) is 18.7 Å². The highest BCUT2D eigenvalue weighted by Crippen LogP contribution is 2.26. The summed E-state index contributed by atoms with van der Waals surface area (Å²) in [5, 5.41) is 0. The van der Waals surface area contributed by atoms with Crippen LogP contribution in [0.25, 0.3) is 5.57 Å². The third-order valence-corrected chi connectivity index (χ3v) is 3.85. The Morgan fingerprint density at radius 3 is 2.42 bits per heavy atom. The zero-order valence-electron chi connectivity index (χ0n) is 15.0. The van der Waals surface area contributed by atoms with Crippen molar-refractivity contribution in [2.24, 2.45) is 0 Å². The molecule has 0 aliphatic carbocycles. The minimum Gasteiger partial charge on any atom is -0.465 e. The molecule has 0 fully saturated rings. The standard InChI is InChI=1S/C19H25NO4/c1-13-12-15(17(21)23-5)6-7-16(13)14-8-10-20(11-9-14)18(22)24-19(2,3)4/h6-8,12H,9-11H2,1-5H3. The number of methoxy groups -OCH3 is 1. The maximum absolute atomic E-state index is 12.1. The van der Waals surface area contributed by atoms with Crippen LogP contribution in [0.1, 0.15) is 48.7 Å². The first kappa shape index (κ1) is 18.0. The van der Waals surface area contributed by atoms with Crippen molar-refractivity contribution < 1.29 is 19.1 Å². The summed E-state index contributed by atoms with van der Waals surface area (Å²) in [7, 11) is 1.38. The molecule has 0 saturated carbocycles. The van der Waals surface area contributed by atoms with Crippen LogP contribution in [0.2, 0.25) is 0 Å². The van der Waals surface area contributed by atoms with Gasteiger partial charge in [-0.15, -0.1) is 0 Å². The monoisotopic (exact) mass is 331 g/mol. The van der Waals surface area contributed by atoms with Crippen molar-refractivity contribution >= 4 is 17.6 Å². The van der Waals surface area contributed by atoms with E-state index in [1.54, 1.807) is 11.0 Å². The van der Waals surface area contributed by atoms with Crippen molar-refractivity contribution in [2.75, 3.05) is 20.2 Å². The number of ether oxygens (including phenoxy) is 2. The van der Waals surface area contributed by atoms with Crippen molar-refractivity contribution in [3.05, 3.63) is 41.0 Å². The van der Waals surface area contributed by atoms with E-state index in [0.717, 1.165) is 17.5 Å². The Bertz CT molecular complexity index is 670. The molecule has 1 aliphatic heterocycles. The van der Waals surface area contributed by atoms with Crippen LogP contribution in [-0.4, -0.2) is 42.8 Å². The van der Waals surface area contributed by atoms with E-state index in [2.05, 4.69) is 0 Å². The third kappa shape index (κ3) is 4.37. The van der Waals surface area contributed by atoms with Gasteiger partial charge < -0.3 is 14.4 Å². The SMILES string of the molecule is COC(=O)c1ccc(C2=CCN(C(=O)OC(C)(C)C)CC2)c(C)c1. The normalized spacial score (nSPS) is 14.9. The Balaban J connectivity index is 2.10. The molecule has 1 aromatic carbocycles. The number of hydrogen-bond acceptors (Lipinski definition) is 4. The van der Waals surface area contributed by atoms with Gasteiger partial charge in [0.15, 0.2) is 0 Å². The minimum atomic E-state index is -0.485. The van der Waals surface area contributed by atoms with E-state index >= 15 is 0 Å². The Hall–Kier alpha value is -2.30. The summed E-state index contributed by atoms with van der Waals surface area (Å²) < 4.78 is 10.1. The summed E-state index contributed by atoms with van der Waals surface area (Å²) in [6.07, 6.45) is 2.53. The molecular weight excluding hydrogens is 306 g/mol. The summed E-state index contributed by atoms with van der Waals surface area (Å²) in [5.41, 5.74) is 3.37. The van der Waals surface area contributed by atoms with Gasteiger partial charge in [-0.05, 0) is 62.9 Å². The first-order chi connectivity index (χ1) is 11.2. The van der Waals surface area contributed by atoms with E-state index in [9.17, 15) is 9.59 Å². The number of amides is 1. The lowest BCUT2D eigenvalue weighted by atomic mass is 9.94. The molecule has 2 rings (SSSR count). The van der Waals surface area contributed by atoms with Crippen molar-refractivity contribution in [1.29, 1.82) is 0 Å². The molecule has 0 unspecified atom stereocenters. The number of rotatable bonds is 2. The van der Waals surface area contributed by atoms with Crippen molar-refractivity contribution in [1.82, 2.24) is 4.90 Å². The summed E-state index contributed by atoms with van der Waals surface area (Å²) in [6, 6.07) is 5.55. The number of nitrogens with zero attached hydrogens (tertiary/aromatic N) is 1. The molecule has 1 amide bonds. The number of carbonyl (C=O) groups is 2. The largest absolute Gasteiger partial charge is 0.465 e. The van der Waals surface area contributed by atoms with Crippen LogP contribution in [-0.2, 0) is 9.47 Å². The highest BCUT2D eigenvalue weighted by Gasteiger charge is 2.24. The molecule has 0 saturated heterocycles. The van der Waals surface area contributed by atoms with Gasteiger partial charge in [0.2, 0.25) is 0 Å². The van der Waals surface area contributed by atoms with Crippen LogP contribution in [0.5, 0.6) is 0 Å². The second kappa shape index (κ2) is 7.07. The number of benzene rings is 1. The van der Waals surface area contributed by atoms with Crippen LogP contribution in [0.15, 0.2) is 24.3 Å². The van der Waals surface area contributed by atoms with Crippen molar-refractivity contribution in [3.63, 3.8) is 0 Å². The highest BCUT2D eigenvalue weighted by atomic mass is 16.6. The van der Waals surface area contributed by atoms with E-state index in [1.807, 2.05) is 45.9 Å². The summed E-state index contributed by atoms with van der Waals surface area (Å²) in [4.78, 5) is 25.4. The maximum atomic E-state index is 12.1. The quantitative estimate of drug-likeness (QED) is 0.773. The fraction of sp³-hybridized carbons (Fsp3) is 0.474. The zero-order valence-corrected chi connectivity index (χ0v) is 15.0. The fourth-order valence-corrected chi connectivity index (χ4v) is 2.67. The van der Waals surface area contributed by atoms with Gasteiger partial charge in [-0.1, -0.05) is 12.1 Å². The molecule has 130 valence electrons. The molecule has 0 radical (unpaired) electrons. The average molecular weight is 331 g/mol. The molecule has 5 nitrogen and oxygen atoms in total. The molecule has 0 N–H and O–H groups in total. The second-order valence-corrected chi connectivity index (χ2v) is 6.93. The molecular formula is C19H25NO4. The van der Waals surface area contributed by atoms with Crippen LogP contribution in [0.4, 0.5) is 4.79 Å². The van der Waals surface area contributed by atoms with Gasteiger partial charge in [-0.3, -0.25) is 0 Å². The van der Waals surface area contributed by atoms with Crippen LogP contribution in [0, 0.1) is 6.92 Å². The van der Waals surface area contributed by atoms with Crippen molar-refractivity contribution in [3.8, 4) is 0 Å². The fourth-order valence-electron chi connectivity index (χ4n) is 2.67. The number of aryl methyl sites for hydroxylation is 1. The molecule has 0 aromatic heterocycles. The topological polar surface area (TPSA) is 55.8 Å². The van der Waals surface area contributed by atoms with Crippen LogP contribution >= 0.6 is 0 Å². The first-order valence-electron chi connectivity index (χ1n) is 8.07. The molecule has 1 aliphatic rings. The Kier molecular flexibility index (Phi) is 5.32. The Labute approximate surface area is 143 Å². The summed E-state index contributed by atoms with van der Waals surface area (Å²) in [6.45, 7) is 8.72. The Morgan fingerprint density at radius 1 is 1.21 bits per heavy atom. The predicted octanol–water partition coefficient (Wildman–Crippen LogP) is 3.81. The lowest BCUT2D eigenvalue weighted by molar-refractivity contribution is 0.0270. The zero-order chi connectivity index (χ0) is 17.9. The van der Waals surface area contributed by atoms with Gasteiger partial charge in [0.05, 0.1) is 12.7 Å². The lowest BCUT2D eigenvalue weighted by Gasteiger charge is -2.30. The summed E-state index contributed by atoms with van der Waals surface area (Å²) >= 11 is 0. The van der Waals surface area contributed by atoms with Gasteiger partial charge >= 0.3 is 12.1 Å². The second-order valence-electron chi connectivity index (χ2n) is 6.93. The molecule has 1 heterocycles. The minimum absolute atomic E-state index is 0.282. The van der Waals surface area contributed by atoms with E-state index in [-0.39, 0.29) is 12.1 Å². The van der Waals surface area contributed by atoms with Crippen molar-refractivity contribution in [2.45, 2.75) is 39.7 Å². The molecule has 0 spiro atoms. The van der Waals surface area contributed by atoms with E-state index in [4.69, 9.17) is 9.47 Å². The number of carbonyl (C=O) groups excluding carboxylic acids is 2. The predicted molar refractivity (Wildman–Crippen MR) is 92.9 cm³/mol. The van der Waals surface area contributed by atoms with Gasteiger partial charge in [-0.25, -0.2) is 9.59 Å². The van der Waals surface area contributed by atoms with E-state index in [1.165, 1.54) is 12.7 Å². The average Bonchev–Trinajstić information content (AvgIpc) is 2.52. The van der Waals surface area contributed by atoms with Crippen LogP contribution < -0.4 is 0 Å². The molecule has 0 bridgehead atoms. The maximum Gasteiger partial charge on any atom is 0.410 e. The lowest BCUT2D eigenvalue weighted by Crippen LogP contribution is -2.39. The Morgan fingerprint density at radius 2 is 1.92 bits per heavy atom. The molecule has 0 atom stereocenters. The molecule has 5 heteroatoms. The number of esters is 1. The number of hydrogen-bond donors (Lipinski definition) is 0. The van der Waals surface area contributed by atoms with Gasteiger partial charge in [0.25, 0.3) is 0 Å². The smallest absolute Gasteiger partial charge is 0.410 e. The van der Waals surface area contributed by atoms with Crippen LogP contribution in [0.3, 0.4) is 0 Å².